The summed E-state index contributed by atoms with van der Waals surface area (Å²) in [4.78, 5) is 18.7. The average Bonchev–Trinajstić information content (AvgIpc) is 3.21. The molecule has 0 atom stereocenters. The Labute approximate surface area is 191 Å². The molecule has 0 fully saturated rings. The molecule has 0 spiro atoms. The number of anilines is 2. The Morgan fingerprint density at radius 3 is 2.47 bits per heavy atom. The number of carbonyl (C=O) groups is 1. The maximum absolute atomic E-state index is 12.4. The molecule has 0 radical (unpaired) electrons. The summed E-state index contributed by atoms with van der Waals surface area (Å²) in [5.41, 5.74) is 3.91. The Hall–Kier alpha value is -3.65. The third-order valence-corrected chi connectivity index (χ3v) is 5.79. The van der Waals surface area contributed by atoms with Crippen molar-refractivity contribution < 1.29 is 4.79 Å². The van der Waals surface area contributed by atoms with Crippen molar-refractivity contribution in [2.75, 3.05) is 30.1 Å². The smallest absolute Gasteiger partial charge is 0.234 e. The van der Waals surface area contributed by atoms with E-state index in [1.165, 1.54) is 11.8 Å². The van der Waals surface area contributed by atoms with Crippen molar-refractivity contribution in [1.82, 2.24) is 19.7 Å². The Kier molecular flexibility index (Phi) is 6.81. The van der Waals surface area contributed by atoms with Gasteiger partial charge >= 0.3 is 0 Å². The zero-order valence-electron chi connectivity index (χ0n) is 18.0. The zero-order chi connectivity index (χ0) is 22.3. The molecule has 1 amide bonds. The molecular formula is C24H24N6OS. The minimum Gasteiger partial charge on any atom is -0.378 e. The van der Waals surface area contributed by atoms with Gasteiger partial charge in [-0.3, -0.25) is 14.3 Å². The van der Waals surface area contributed by atoms with Crippen LogP contribution in [0.25, 0.3) is 11.4 Å². The van der Waals surface area contributed by atoms with Gasteiger partial charge in [-0.05, 0) is 42.0 Å². The summed E-state index contributed by atoms with van der Waals surface area (Å²) in [5.74, 6) is 0.870. The highest BCUT2D eigenvalue weighted by atomic mass is 32.2. The fraction of sp³-hybridized carbons (Fsp3) is 0.167. The molecule has 0 unspecified atom stereocenters. The Morgan fingerprint density at radius 1 is 1.00 bits per heavy atom. The molecule has 162 valence electrons. The van der Waals surface area contributed by atoms with Gasteiger partial charge in [0, 0.05) is 43.4 Å². The van der Waals surface area contributed by atoms with Crippen LogP contribution in [-0.4, -0.2) is 45.5 Å². The van der Waals surface area contributed by atoms with Gasteiger partial charge in [0.2, 0.25) is 5.91 Å². The molecule has 4 rings (SSSR count). The maximum atomic E-state index is 12.4. The van der Waals surface area contributed by atoms with Crippen LogP contribution < -0.4 is 10.2 Å². The van der Waals surface area contributed by atoms with Crippen molar-refractivity contribution >= 4 is 29.0 Å². The number of hydrogen-bond donors (Lipinski definition) is 1. The summed E-state index contributed by atoms with van der Waals surface area (Å²) in [6, 6.07) is 21.6. The number of rotatable bonds is 8. The molecule has 2 heterocycles. The average molecular weight is 445 g/mol. The number of carbonyl (C=O) groups excluding carboxylic acids is 1. The first-order valence-corrected chi connectivity index (χ1v) is 11.2. The maximum Gasteiger partial charge on any atom is 0.234 e. The lowest BCUT2D eigenvalue weighted by atomic mass is 10.2. The SMILES string of the molecule is CN(C)c1ccc(Cn2c(SCC(=O)Nc3ccccc3)nnc2-c2cccnc2)cc1. The van der Waals surface area contributed by atoms with E-state index in [9.17, 15) is 4.79 Å². The lowest BCUT2D eigenvalue weighted by Crippen LogP contribution is -2.14. The highest BCUT2D eigenvalue weighted by molar-refractivity contribution is 7.99. The van der Waals surface area contributed by atoms with Gasteiger partial charge < -0.3 is 10.2 Å². The van der Waals surface area contributed by atoms with E-state index in [1.807, 2.05) is 61.1 Å². The highest BCUT2D eigenvalue weighted by Gasteiger charge is 2.16. The summed E-state index contributed by atoms with van der Waals surface area (Å²) < 4.78 is 2.03. The van der Waals surface area contributed by atoms with Crippen molar-refractivity contribution in [3.8, 4) is 11.4 Å². The summed E-state index contributed by atoms with van der Waals surface area (Å²) in [7, 11) is 4.04. The first-order chi connectivity index (χ1) is 15.6. The Bertz CT molecular complexity index is 1160. The van der Waals surface area contributed by atoms with Gasteiger partial charge in [0.1, 0.15) is 0 Å². The molecular weight excluding hydrogens is 420 g/mol. The molecule has 0 saturated heterocycles. The Morgan fingerprint density at radius 2 is 1.78 bits per heavy atom. The largest absolute Gasteiger partial charge is 0.378 e. The van der Waals surface area contributed by atoms with E-state index in [0.717, 1.165) is 28.3 Å². The fourth-order valence-electron chi connectivity index (χ4n) is 3.18. The van der Waals surface area contributed by atoms with E-state index in [0.29, 0.717) is 11.7 Å². The molecule has 0 bridgehead atoms. The number of nitrogens with one attached hydrogen (secondary N) is 1. The molecule has 7 nitrogen and oxygen atoms in total. The van der Waals surface area contributed by atoms with Gasteiger partial charge in [0.15, 0.2) is 11.0 Å². The lowest BCUT2D eigenvalue weighted by molar-refractivity contribution is -0.113. The number of nitrogens with zero attached hydrogens (tertiary/aromatic N) is 5. The van der Waals surface area contributed by atoms with Crippen molar-refractivity contribution in [1.29, 1.82) is 0 Å². The molecule has 2 aromatic carbocycles. The molecule has 4 aromatic rings. The zero-order valence-corrected chi connectivity index (χ0v) is 18.8. The van der Waals surface area contributed by atoms with Crippen molar-refractivity contribution in [3.05, 3.63) is 84.7 Å². The molecule has 0 saturated carbocycles. The first kappa shape index (κ1) is 21.6. The van der Waals surface area contributed by atoms with Gasteiger partial charge in [0.05, 0.1) is 12.3 Å². The summed E-state index contributed by atoms with van der Waals surface area (Å²) >= 11 is 1.37. The second-order valence-electron chi connectivity index (χ2n) is 7.40. The minimum absolute atomic E-state index is 0.0889. The van der Waals surface area contributed by atoms with Crippen LogP contribution in [0, 0.1) is 0 Å². The number of para-hydroxylation sites is 1. The third-order valence-electron chi connectivity index (χ3n) is 4.82. The predicted molar refractivity (Wildman–Crippen MR) is 129 cm³/mol. The van der Waals surface area contributed by atoms with Crippen LogP contribution in [0.3, 0.4) is 0 Å². The quantitative estimate of drug-likeness (QED) is 0.411. The Balaban J connectivity index is 1.55. The topological polar surface area (TPSA) is 75.9 Å². The second-order valence-corrected chi connectivity index (χ2v) is 8.34. The van der Waals surface area contributed by atoms with E-state index in [4.69, 9.17) is 0 Å². The van der Waals surface area contributed by atoms with Gasteiger partial charge in [-0.1, -0.05) is 42.1 Å². The van der Waals surface area contributed by atoms with Gasteiger partial charge in [-0.25, -0.2) is 0 Å². The third kappa shape index (κ3) is 5.33. The van der Waals surface area contributed by atoms with Gasteiger partial charge in [-0.15, -0.1) is 10.2 Å². The number of hydrogen-bond acceptors (Lipinski definition) is 6. The fourth-order valence-corrected chi connectivity index (χ4v) is 3.92. The van der Waals surface area contributed by atoms with Crippen LogP contribution >= 0.6 is 11.8 Å². The molecule has 32 heavy (non-hydrogen) atoms. The molecule has 0 aliphatic heterocycles. The molecule has 1 N–H and O–H groups in total. The van der Waals surface area contributed by atoms with Gasteiger partial charge in [-0.2, -0.15) is 0 Å². The van der Waals surface area contributed by atoms with Crippen molar-refractivity contribution in [2.45, 2.75) is 11.7 Å². The number of thioether (sulfide) groups is 1. The highest BCUT2D eigenvalue weighted by Crippen LogP contribution is 2.25. The second kappa shape index (κ2) is 10.1. The van der Waals surface area contributed by atoms with Gasteiger partial charge in [0.25, 0.3) is 0 Å². The predicted octanol–water partition coefficient (Wildman–Crippen LogP) is 4.19. The first-order valence-electron chi connectivity index (χ1n) is 10.2. The summed E-state index contributed by atoms with van der Waals surface area (Å²) in [6.45, 7) is 0.591. The van der Waals surface area contributed by atoms with Crippen LogP contribution in [0.15, 0.2) is 84.3 Å². The summed E-state index contributed by atoms with van der Waals surface area (Å²) in [5, 5.41) is 12.4. The van der Waals surface area contributed by atoms with E-state index in [2.05, 4.69) is 49.7 Å². The summed E-state index contributed by atoms with van der Waals surface area (Å²) in [6.07, 6.45) is 3.50. The van der Waals surface area contributed by atoms with E-state index in [-0.39, 0.29) is 11.7 Å². The van der Waals surface area contributed by atoms with Crippen LogP contribution in [0.1, 0.15) is 5.56 Å². The number of amides is 1. The van der Waals surface area contributed by atoms with Crippen molar-refractivity contribution in [2.24, 2.45) is 0 Å². The number of aromatic nitrogens is 4. The van der Waals surface area contributed by atoms with Crippen LogP contribution in [0.5, 0.6) is 0 Å². The van der Waals surface area contributed by atoms with E-state index >= 15 is 0 Å². The monoisotopic (exact) mass is 444 g/mol. The molecule has 0 aliphatic rings. The van der Waals surface area contributed by atoms with Crippen LogP contribution in [0.4, 0.5) is 11.4 Å². The lowest BCUT2D eigenvalue weighted by Gasteiger charge is -2.14. The molecule has 2 aromatic heterocycles. The van der Waals surface area contributed by atoms with Crippen molar-refractivity contribution in [3.63, 3.8) is 0 Å². The van der Waals surface area contributed by atoms with E-state index < -0.39 is 0 Å². The molecule has 0 aliphatic carbocycles. The van der Waals surface area contributed by atoms with Crippen LogP contribution in [-0.2, 0) is 11.3 Å². The molecule has 8 heteroatoms. The van der Waals surface area contributed by atoms with E-state index in [1.54, 1.807) is 12.4 Å². The number of pyridine rings is 1. The normalized spacial score (nSPS) is 10.7. The number of benzene rings is 2. The van der Waals surface area contributed by atoms with Crippen LogP contribution in [0.2, 0.25) is 0 Å². The minimum atomic E-state index is -0.0889. The standard InChI is InChI=1S/C24H24N6OS/c1-29(2)21-12-10-18(11-13-21)16-30-23(19-7-6-14-25-15-19)27-28-24(30)32-17-22(31)26-20-8-4-3-5-9-20/h3-15H,16-17H2,1-2H3,(H,26,31).